The number of piperazine rings is 1. The van der Waals surface area contributed by atoms with Crippen LogP contribution in [-0.4, -0.2) is 46.8 Å². The summed E-state index contributed by atoms with van der Waals surface area (Å²) in [6.07, 6.45) is 0. The maximum Gasteiger partial charge on any atom is 0.244 e. The third kappa shape index (κ3) is 2.49. The van der Waals surface area contributed by atoms with E-state index in [1.54, 1.807) is 0 Å². The van der Waals surface area contributed by atoms with Gasteiger partial charge in [0.05, 0.1) is 5.69 Å². The highest BCUT2D eigenvalue weighted by Gasteiger charge is 2.18. The summed E-state index contributed by atoms with van der Waals surface area (Å²) in [5.41, 5.74) is 3.28. The van der Waals surface area contributed by atoms with Gasteiger partial charge in [0, 0.05) is 31.9 Å². The molecule has 0 spiro atoms. The summed E-state index contributed by atoms with van der Waals surface area (Å²) in [5.74, 6) is 0.164. The van der Waals surface area contributed by atoms with E-state index < -0.39 is 0 Å². The van der Waals surface area contributed by atoms with Crippen LogP contribution in [0, 0.1) is 20.8 Å². The molecule has 0 bridgehead atoms. The fourth-order valence-electron chi connectivity index (χ4n) is 2.08. The Hall–Kier alpha value is -1.36. The molecule has 94 valence electrons. The van der Waals surface area contributed by atoms with Gasteiger partial charge in [-0.1, -0.05) is 0 Å². The summed E-state index contributed by atoms with van der Waals surface area (Å²) >= 11 is 0. The fourth-order valence-corrected chi connectivity index (χ4v) is 2.08. The summed E-state index contributed by atoms with van der Waals surface area (Å²) in [4.78, 5) is 14.0. The molecule has 1 fully saturated rings. The van der Waals surface area contributed by atoms with Gasteiger partial charge in [-0.3, -0.25) is 9.48 Å². The lowest BCUT2D eigenvalue weighted by atomic mass is 10.2. The summed E-state index contributed by atoms with van der Waals surface area (Å²) in [6, 6.07) is 0. The monoisotopic (exact) mass is 236 g/mol. The highest BCUT2D eigenvalue weighted by molar-refractivity contribution is 5.76. The van der Waals surface area contributed by atoms with Gasteiger partial charge in [0.2, 0.25) is 5.91 Å². The molecule has 5 nitrogen and oxygen atoms in total. The second-order valence-electron chi connectivity index (χ2n) is 4.58. The first-order valence-corrected chi connectivity index (χ1v) is 6.08. The van der Waals surface area contributed by atoms with E-state index >= 15 is 0 Å². The normalized spacial score (nSPS) is 16.3. The Bertz CT molecular complexity index is 418. The SMILES string of the molecule is Cc1nn(CC(=O)N2CCNCC2)c(C)c1C. The zero-order valence-corrected chi connectivity index (χ0v) is 10.8. The van der Waals surface area contributed by atoms with E-state index in [-0.39, 0.29) is 5.91 Å². The van der Waals surface area contributed by atoms with Crippen molar-refractivity contribution in [2.75, 3.05) is 26.2 Å². The molecule has 17 heavy (non-hydrogen) atoms. The van der Waals surface area contributed by atoms with Crippen LogP contribution in [-0.2, 0) is 11.3 Å². The minimum Gasteiger partial charge on any atom is -0.339 e. The quantitative estimate of drug-likeness (QED) is 0.800. The minimum absolute atomic E-state index is 0.164. The van der Waals surface area contributed by atoms with E-state index in [9.17, 15) is 4.79 Å². The molecular weight excluding hydrogens is 216 g/mol. The van der Waals surface area contributed by atoms with Crippen molar-refractivity contribution in [3.63, 3.8) is 0 Å². The second kappa shape index (κ2) is 4.87. The van der Waals surface area contributed by atoms with E-state index in [4.69, 9.17) is 0 Å². The Morgan fingerprint density at radius 2 is 1.94 bits per heavy atom. The van der Waals surface area contributed by atoms with Crippen molar-refractivity contribution in [3.05, 3.63) is 17.0 Å². The molecular formula is C12H20N4O. The fraction of sp³-hybridized carbons (Fsp3) is 0.667. The van der Waals surface area contributed by atoms with E-state index in [0.29, 0.717) is 6.54 Å². The van der Waals surface area contributed by atoms with Gasteiger partial charge in [-0.2, -0.15) is 5.10 Å². The number of nitrogens with zero attached hydrogens (tertiary/aromatic N) is 3. The number of amides is 1. The van der Waals surface area contributed by atoms with Crippen molar-refractivity contribution in [1.82, 2.24) is 20.0 Å². The summed E-state index contributed by atoms with van der Waals surface area (Å²) < 4.78 is 1.81. The van der Waals surface area contributed by atoms with Crippen molar-refractivity contribution in [3.8, 4) is 0 Å². The van der Waals surface area contributed by atoms with Crippen LogP contribution in [0.2, 0.25) is 0 Å². The Morgan fingerprint density at radius 3 is 2.47 bits per heavy atom. The Morgan fingerprint density at radius 1 is 1.29 bits per heavy atom. The van der Waals surface area contributed by atoms with Crippen LogP contribution in [0.3, 0.4) is 0 Å². The van der Waals surface area contributed by atoms with Gasteiger partial charge in [-0.05, 0) is 26.3 Å². The molecule has 0 aliphatic carbocycles. The molecule has 1 amide bonds. The minimum atomic E-state index is 0.164. The Balaban J connectivity index is 2.04. The summed E-state index contributed by atoms with van der Waals surface area (Å²) in [7, 11) is 0. The number of hydrogen-bond acceptors (Lipinski definition) is 3. The zero-order valence-electron chi connectivity index (χ0n) is 10.8. The van der Waals surface area contributed by atoms with Crippen LogP contribution in [0.25, 0.3) is 0 Å². The van der Waals surface area contributed by atoms with Gasteiger partial charge in [0.1, 0.15) is 6.54 Å². The van der Waals surface area contributed by atoms with Gasteiger partial charge in [0.15, 0.2) is 0 Å². The largest absolute Gasteiger partial charge is 0.339 e. The van der Waals surface area contributed by atoms with Crippen LogP contribution >= 0.6 is 0 Å². The third-order valence-corrected chi connectivity index (χ3v) is 3.50. The number of aryl methyl sites for hydroxylation is 1. The van der Waals surface area contributed by atoms with Crippen molar-refractivity contribution >= 4 is 5.91 Å². The molecule has 5 heteroatoms. The number of aromatic nitrogens is 2. The van der Waals surface area contributed by atoms with Gasteiger partial charge in [-0.15, -0.1) is 0 Å². The smallest absolute Gasteiger partial charge is 0.244 e. The maximum absolute atomic E-state index is 12.1. The Labute approximate surface area is 102 Å². The molecule has 1 saturated heterocycles. The first-order valence-electron chi connectivity index (χ1n) is 6.08. The highest BCUT2D eigenvalue weighted by Crippen LogP contribution is 2.11. The van der Waals surface area contributed by atoms with E-state index in [1.165, 1.54) is 5.56 Å². The topological polar surface area (TPSA) is 50.2 Å². The van der Waals surface area contributed by atoms with Gasteiger partial charge >= 0.3 is 0 Å². The maximum atomic E-state index is 12.1. The van der Waals surface area contributed by atoms with Gasteiger partial charge < -0.3 is 10.2 Å². The van der Waals surface area contributed by atoms with Crippen LogP contribution in [0.15, 0.2) is 0 Å². The molecule has 2 heterocycles. The first-order chi connectivity index (χ1) is 8.09. The predicted octanol–water partition coefficient (Wildman–Crippen LogP) is 0.240. The number of carbonyl (C=O) groups excluding carboxylic acids is 1. The molecule has 1 aliphatic heterocycles. The van der Waals surface area contributed by atoms with Crippen LogP contribution in [0.1, 0.15) is 17.0 Å². The van der Waals surface area contributed by atoms with E-state index in [2.05, 4.69) is 10.4 Å². The molecule has 1 N–H and O–H groups in total. The standard InChI is InChI=1S/C12H20N4O/c1-9-10(2)14-16(11(9)3)8-12(17)15-6-4-13-5-7-15/h13H,4-8H2,1-3H3. The summed E-state index contributed by atoms with van der Waals surface area (Å²) in [5, 5.41) is 7.64. The lowest BCUT2D eigenvalue weighted by molar-refractivity contribution is -0.132. The number of nitrogens with one attached hydrogen (secondary N) is 1. The molecule has 0 atom stereocenters. The predicted molar refractivity (Wildman–Crippen MR) is 65.9 cm³/mol. The molecule has 1 aromatic rings. The van der Waals surface area contributed by atoms with Gasteiger partial charge in [-0.25, -0.2) is 0 Å². The number of rotatable bonds is 2. The molecule has 0 unspecified atom stereocenters. The summed E-state index contributed by atoms with van der Waals surface area (Å²) in [6.45, 7) is 9.79. The molecule has 0 aromatic carbocycles. The molecule has 1 aliphatic rings. The van der Waals surface area contributed by atoms with Crippen molar-refractivity contribution < 1.29 is 4.79 Å². The van der Waals surface area contributed by atoms with E-state index in [1.807, 2.05) is 30.4 Å². The van der Waals surface area contributed by atoms with Gasteiger partial charge in [0.25, 0.3) is 0 Å². The zero-order chi connectivity index (χ0) is 12.4. The van der Waals surface area contributed by atoms with E-state index in [0.717, 1.165) is 37.6 Å². The first kappa shape index (κ1) is 12.1. The molecule has 0 radical (unpaired) electrons. The Kier molecular flexibility index (Phi) is 3.47. The van der Waals surface area contributed by atoms with Crippen LogP contribution in [0.4, 0.5) is 0 Å². The third-order valence-electron chi connectivity index (χ3n) is 3.50. The van der Waals surface area contributed by atoms with Crippen LogP contribution in [0.5, 0.6) is 0 Å². The second-order valence-corrected chi connectivity index (χ2v) is 4.58. The van der Waals surface area contributed by atoms with Crippen molar-refractivity contribution in [2.24, 2.45) is 0 Å². The molecule has 2 rings (SSSR count). The molecule has 1 aromatic heterocycles. The number of carbonyl (C=O) groups is 1. The van der Waals surface area contributed by atoms with Crippen molar-refractivity contribution in [2.45, 2.75) is 27.3 Å². The lowest BCUT2D eigenvalue weighted by Gasteiger charge is -2.27. The lowest BCUT2D eigenvalue weighted by Crippen LogP contribution is -2.47. The van der Waals surface area contributed by atoms with Crippen molar-refractivity contribution in [1.29, 1.82) is 0 Å². The average Bonchev–Trinajstić information content (AvgIpc) is 2.58. The van der Waals surface area contributed by atoms with Crippen LogP contribution < -0.4 is 5.32 Å². The number of hydrogen-bond donors (Lipinski definition) is 1. The average molecular weight is 236 g/mol. The highest BCUT2D eigenvalue weighted by atomic mass is 16.2. The molecule has 0 saturated carbocycles.